The molecule has 7 nitrogen and oxygen atoms in total. The fourth-order valence-corrected chi connectivity index (χ4v) is 6.67. The molecule has 2 aliphatic rings. The number of hydrogen-bond donors (Lipinski definition) is 0. The Kier molecular flexibility index (Phi) is 8.67. The molecule has 2 aliphatic carbocycles. The van der Waals surface area contributed by atoms with Gasteiger partial charge in [-0.05, 0) is 61.4 Å². The van der Waals surface area contributed by atoms with Gasteiger partial charge in [0.05, 0.1) is 24.8 Å². The molecule has 1 heterocycles. The van der Waals surface area contributed by atoms with Gasteiger partial charge in [0.1, 0.15) is 16.8 Å². The van der Waals surface area contributed by atoms with E-state index in [1.165, 1.54) is 6.20 Å². The first-order valence-electron chi connectivity index (χ1n) is 16.4. The van der Waals surface area contributed by atoms with E-state index in [0.717, 1.165) is 35.6 Å². The molecule has 4 aromatic carbocycles. The molecule has 8 heteroatoms. The fraction of sp³-hybridized carbons (Fsp3) is 0.275. The average Bonchev–Trinajstić information content (AvgIpc) is 3.94. The Morgan fingerprint density at radius 1 is 0.896 bits per heavy atom. The Morgan fingerprint density at radius 3 is 2.08 bits per heavy atom. The summed E-state index contributed by atoms with van der Waals surface area (Å²) in [6, 6.07) is 31.5. The van der Waals surface area contributed by atoms with Gasteiger partial charge >= 0.3 is 11.9 Å². The fourth-order valence-electron chi connectivity index (χ4n) is 6.67. The predicted octanol–water partition coefficient (Wildman–Crippen LogP) is 7.60. The van der Waals surface area contributed by atoms with Gasteiger partial charge in [-0.2, -0.15) is 0 Å². The van der Waals surface area contributed by atoms with E-state index in [1.807, 2.05) is 95.6 Å². The first-order valence-corrected chi connectivity index (χ1v) is 16.4. The third-order valence-corrected chi connectivity index (χ3v) is 9.37. The molecule has 1 aromatic heterocycles. The minimum absolute atomic E-state index is 0.0476. The number of halogens is 1. The smallest absolute Gasteiger partial charge is 0.343 e. The lowest BCUT2D eigenvalue weighted by Crippen LogP contribution is -2.53. The van der Waals surface area contributed by atoms with Gasteiger partial charge in [-0.1, -0.05) is 91.0 Å². The summed E-state index contributed by atoms with van der Waals surface area (Å²) in [4.78, 5) is 40.8. The number of pyridine rings is 1. The van der Waals surface area contributed by atoms with Crippen LogP contribution in [0.4, 0.5) is 4.39 Å². The summed E-state index contributed by atoms with van der Waals surface area (Å²) in [6.07, 6.45) is 2.58. The van der Waals surface area contributed by atoms with E-state index >= 15 is 4.39 Å². The van der Waals surface area contributed by atoms with Crippen molar-refractivity contribution in [1.29, 1.82) is 0 Å². The monoisotopic (exact) mass is 645 g/mol. The number of esters is 2. The first kappa shape index (κ1) is 31.5. The van der Waals surface area contributed by atoms with Crippen LogP contribution < -0.4 is 5.43 Å². The van der Waals surface area contributed by atoms with Gasteiger partial charge in [0.25, 0.3) is 0 Å². The molecule has 2 saturated carbocycles. The molecule has 0 N–H and O–H groups in total. The summed E-state index contributed by atoms with van der Waals surface area (Å²) in [6.45, 7) is 2.13. The maximum atomic E-state index is 16.5. The second kappa shape index (κ2) is 13.2. The summed E-state index contributed by atoms with van der Waals surface area (Å²) < 4.78 is 36.0. The maximum Gasteiger partial charge on any atom is 0.343 e. The standard InChI is InChI=1S/C40H36FNO6/c1-2-46-38(44)32-24-42(29-18-19-29)35-21-33(34(41)20-31(35)36(32)43)40(22-30(23-40)47-25-26-12-6-3-7-13-26)39(45)48-37(27-14-8-4-9-15-27)28-16-10-5-11-17-28/h3-17,20-21,24,29-30,37H,2,18-19,22-23,25H2,1H3. The van der Waals surface area contributed by atoms with Gasteiger partial charge in [0.2, 0.25) is 5.43 Å². The van der Waals surface area contributed by atoms with Crippen molar-refractivity contribution in [2.75, 3.05) is 6.61 Å². The second-order valence-corrected chi connectivity index (χ2v) is 12.6. The van der Waals surface area contributed by atoms with Gasteiger partial charge in [-0.15, -0.1) is 0 Å². The highest BCUT2D eigenvalue weighted by Crippen LogP contribution is 2.50. The molecule has 0 unspecified atom stereocenters. The molecular formula is C40H36FNO6. The number of fused-ring (bicyclic) bond motifs is 1. The van der Waals surface area contributed by atoms with Gasteiger partial charge < -0.3 is 18.8 Å². The Balaban J connectivity index is 1.30. The molecule has 0 amide bonds. The third kappa shape index (κ3) is 6.04. The number of carbonyl (C=O) groups is 2. The van der Waals surface area contributed by atoms with Crippen molar-refractivity contribution in [2.45, 2.75) is 62.9 Å². The highest BCUT2D eigenvalue weighted by Gasteiger charge is 2.55. The quantitative estimate of drug-likeness (QED) is 0.138. The van der Waals surface area contributed by atoms with E-state index in [9.17, 15) is 14.4 Å². The van der Waals surface area contributed by atoms with Crippen LogP contribution in [0.1, 0.15) is 77.4 Å². The van der Waals surface area contributed by atoms with Crippen LogP contribution >= 0.6 is 0 Å². The topological polar surface area (TPSA) is 83.8 Å². The van der Waals surface area contributed by atoms with E-state index in [4.69, 9.17) is 14.2 Å². The molecule has 0 aliphatic heterocycles. The van der Waals surface area contributed by atoms with Crippen molar-refractivity contribution in [2.24, 2.45) is 0 Å². The number of nitrogens with zero attached hydrogens (tertiary/aromatic N) is 1. The van der Waals surface area contributed by atoms with Crippen molar-refractivity contribution in [1.82, 2.24) is 4.57 Å². The lowest BCUT2D eigenvalue weighted by Gasteiger charge is -2.46. The molecule has 0 spiro atoms. The Bertz CT molecular complexity index is 1960. The first-order chi connectivity index (χ1) is 23.4. The van der Waals surface area contributed by atoms with Crippen molar-refractivity contribution < 1.29 is 28.2 Å². The van der Waals surface area contributed by atoms with Crippen molar-refractivity contribution in [3.05, 3.63) is 153 Å². The molecule has 0 atom stereocenters. The molecule has 0 radical (unpaired) electrons. The Morgan fingerprint density at radius 2 is 1.50 bits per heavy atom. The number of ether oxygens (including phenoxy) is 3. The van der Waals surface area contributed by atoms with E-state index < -0.39 is 34.7 Å². The molecule has 0 bridgehead atoms. The maximum absolute atomic E-state index is 16.5. The van der Waals surface area contributed by atoms with Crippen molar-refractivity contribution >= 4 is 22.8 Å². The zero-order valence-corrected chi connectivity index (χ0v) is 26.6. The molecule has 244 valence electrons. The van der Waals surface area contributed by atoms with Crippen LogP contribution in [0, 0.1) is 5.82 Å². The highest BCUT2D eigenvalue weighted by molar-refractivity contribution is 5.95. The van der Waals surface area contributed by atoms with E-state index in [-0.39, 0.29) is 48.1 Å². The molecule has 2 fully saturated rings. The molecule has 0 saturated heterocycles. The number of carbonyl (C=O) groups excluding carboxylic acids is 2. The van der Waals surface area contributed by atoms with Crippen molar-refractivity contribution in [3.63, 3.8) is 0 Å². The van der Waals surface area contributed by atoms with Crippen LogP contribution in [0.5, 0.6) is 0 Å². The van der Waals surface area contributed by atoms with Gasteiger partial charge in [-0.25, -0.2) is 9.18 Å². The van der Waals surface area contributed by atoms with Gasteiger partial charge in [0.15, 0.2) is 6.10 Å². The highest BCUT2D eigenvalue weighted by atomic mass is 19.1. The van der Waals surface area contributed by atoms with Crippen LogP contribution in [0.3, 0.4) is 0 Å². The summed E-state index contributed by atoms with van der Waals surface area (Å²) >= 11 is 0. The Labute approximate surface area is 277 Å². The number of aromatic nitrogens is 1. The van der Waals surface area contributed by atoms with Crippen LogP contribution in [-0.2, 0) is 31.0 Å². The summed E-state index contributed by atoms with van der Waals surface area (Å²) in [5, 5.41) is 0.0693. The van der Waals surface area contributed by atoms with Crippen LogP contribution in [0.2, 0.25) is 0 Å². The van der Waals surface area contributed by atoms with Gasteiger partial charge in [-0.3, -0.25) is 9.59 Å². The number of hydrogen-bond acceptors (Lipinski definition) is 6. The molecular weight excluding hydrogens is 609 g/mol. The van der Waals surface area contributed by atoms with Gasteiger partial charge in [0, 0.05) is 23.2 Å². The zero-order chi connectivity index (χ0) is 33.3. The lowest BCUT2D eigenvalue weighted by atomic mass is 9.62. The molecule has 5 aromatic rings. The summed E-state index contributed by atoms with van der Waals surface area (Å²) in [5.41, 5.74) is 1.08. The average molecular weight is 646 g/mol. The second-order valence-electron chi connectivity index (χ2n) is 12.6. The normalized spacial score (nSPS) is 18.8. The molecule has 48 heavy (non-hydrogen) atoms. The SMILES string of the molecule is CCOC(=O)c1cn(C2CC2)c2cc(C3(C(=O)OC(c4ccccc4)c4ccccc4)CC(OCc4ccccc4)C3)c(F)cc2c1=O. The third-order valence-electron chi connectivity index (χ3n) is 9.37. The summed E-state index contributed by atoms with van der Waals surface area (Å²) in [5.74, 6) is -2.02. The van der Waals surface area contributed by atoms with Crippen LogP contribution in [-0.4, -0.2) is 29.2 Å². The van der Waals surface area contributed by atoms with Crippen molar-refractivity contribution in [3.8, 4) is 0 Å². The van der Waals surface area contributed by atoms with Crippen LogP contribution in [0.15, 0.2) is 114 Å². The van der Waals surface area contributed by atoms with E-state index in [2.05, 4.69) is 0 Å². The largest absolute Gasteiger partial charge is 0.462 e. The number of benzene rings is 4. The lowest BCUT2D eigenvalue weighted by molar-refractivity contribution is -0.167. The molecule has 7 rings (SSSR count). The predicted molar refractivity (Wildman–Crippen MR) is 179 cm³/mol. The number of rotatable bonds is 11. The van der Waals surface area contributed by atoms with Crippen LogP contribution in [0.25, 0.3) is 10.9 Å². The zero-order valence-electron chi connectivity index (χ0n) is 26.6. The van der Waals surface area contributed by atoms with E-state index in [1.54, 1.807) is 13.0 Å². The summed E-state index contributed by atoms with van der Waals surface area (Å²) in [7, 11) is 0. The Hall–Kier alpha value is -5.08. The minimum atomic E-state index is -1.37. The minimum Gasteiger partial charge on any atom is -0.462 e. The van der Waals surface area contributed by atoms with E-state index in [0.29, 0.717) is 12.1 Å².